The molecule has 0 spiro atoms. The smallest absolute Gasteiger partial charge is 0.416 e. The Bertz CT molecular complexity index is 559. The molecule has 0 amide bonds. The van der Waals surface area contributed by atoms with Crippen LogP contribution in [0.3, 0.4) is 0 Å². The van der Waals surface area contributed by atoms with Gasteiger partial charge in [0.25, 0.3) is 0 Å². The van der Waals surface area contributed by atoms with Gasteiger partial charge < -0.3 is 4.74 Å². The van der Waals surface area contributed by atoms with E-state index in [4.69, 9.17) is 4.74 Å². The van der Waals surface area contributed by atoms with Crippen LogP contribution in [0.1, 0.15) is 16.7 Å². The minimum absolute atomic E-state index is 0.218. The SMILES string of the molecule is Cc1ccc(OCCc2ccccc2C(F)(F)F)cc1. The fourth-order valence-corrected chi connectivity index (χ4v) is 1.93. The van der Waals surface area contributed by atoms with E-state index in [0.29, 0.717) is 5.75 Å². The number of aryl methyl sites for hydroxylation is 1. The molecule has 0 saturated carbocycles. The molecule has 0 radical (unpaired) electrons. The minimum atomic E-state index is -4.32. The van der Waals surface area contributed by atoms with Crippen molar-refractivity contribution >= 4 is 0 Å². The number of alkyl halides is 3. The Morgan fingerprint density at radius 1 is 0.950 bits per heavy atom. The van der Waals surface area contributed by atoms with E-state index < -0.39 is 11.7 Å². The normalized spacial score (nSPS) is 11.4. The van der Waals surface area contributed by atoms with Crippen LogP contribution in [0.5, 0.6) is 5.75 Å². The van der Waals surface area contributed by atoms with Crippen LogP contribution in [-0.4, -0.2) is 6.61 Å². The van der Waals surface area contributed by atoms with Crippen molar-refractivity contribution in [3.05, 3.63) is 65.2 Å². The van der Waals surface area contributed by atoms with Crippen molar-refractivity contribution in [2.75, 3.05) is 6.61 Å². The quantitative estimate of drug-likeness (QED) is 0.793. The lowest BCUT2D eigenvalue weighted by molar-refractivity contribution is -0.138. The largest absolute Gasteiger partial charge is 0.493 e. The molecule has 0 aliphatic carbocycles. The molecular weight excluding hydrogens is 265 g/mol. The van der Waals surface area contributed by atoms with Gasteiger partial charge in [0.2, 0.25) is 0 Å². The van der Waals surface area contributed by atoms with Gasteiger partial charge in [0, 0.05) is 6.42 Å². The Kier molecular flexibility index (Phi) is 4.32. The summed E-state index contributed by atoms with van der Waals surface area (Å²) in [4.78, 5) is 0. The molecule has 106 valence electrons. The maximum absolute atomic E-state index is 12.8. The Balaban J connectivity index is 1.99. The molecule has 20 heavy (non-hydrogen) atoms. The van der Waals surface area contributed by atoms with E-state index in [2.05, 4.69) is 0 Å². The van der Waals surface area contributed by atoms with Gasteiger partial charge in [-0.1, -0.05) is 35.9 Å². The van der Waals surface area contributed by atoms with Gasteiger partial charge >= 0.3 is 6.18 Å². The van der Waals surface area contributed by atoms with Crippen LogP contribution in [0, 0.1) is 6.92 Å². The van der Waals surface area contributed by atoms with Crippen molar-refractivity contribution in [1.82, 2.24) is 0 Å². The first-order valence-corrected chi connectivity index (χ1v) is 6.31. The highest BCUT2D eigenvalue weighted by Crippen LogP contribution is 2.32. The molecule has 4 heteroatoms. The second-order valence-electron chi connectivity index (χ2n) is 4.57. The van der Waals surface area contributed by atoms with Crippen LogP contribution in [0.25, 0.3) is 0 Å². The van der Waals surface area contributed by atoms with E-state index in [9.17, 15) is 13.2 Å². The summed E-state index contributed by atoms with van der Waals surface area (Å²) in [5, 5.41) is 0. The van der Waals surface area contributed by atoms with Crippen LogP contribution in [0.2, 0.25) is 0 Å². The van der Waals surface area contributed by atoms with Crippen LogP contribution in [-0.2, 0) is 12.6 Å². The number of ether oxygens (including phenoxy) is 1. The summed E-state index contributed by atoms with van der Waals surface area (Å²) in [5.74, 6) is 0.667. The fourth-order valence-electron chi connectivity index (χ4n) is 1.93. The van der Waals surface area contributed by atoms with Crippen LogP contribution >= 0.6 is 0 Å². The van der Waals surface area contributed by atoms with E-state index in [1.807, 2.05) is 31.2 Å². The third-order valence-electron chi connectivity index (χ3n) is 2.98. The van der Waals surface area contributed by atoms with Crippen molar-refractivity contribution in [3.8, 4) is 5.75 Å². The summed E-state index contributed by atoms with van der Waals surface area (Å²) in [5.41, 5.74) is 0.777. The summed E-state index contributed by atoms with van der Waals surface area (Å²) < 4.78 is 43.9. The van der Waals surface area contributed by atoms with E-state index in [1.54, 1.807) is 6.07 Å². The molecule has 2 aromatic carbocycles. The average Bonchev–Trinajstić information content (AvgIpc) is 2.40. The number of halogens is 3. The second kappa shape index (κ2) is 5.99. The first-order valence-electron chi connectivity index (χ1n) is 6.31. The Hall–Kier alpha value is -1.97. The van der Waals surface area contributed by atoms with E-state index >= 15 is 0 Å². The van der Waals surface area contributed by atoms with Gasteiger partial charge in [-0.25, -0.2) is 0 Å². The van der Waals surface area contributed by atoms with Gasteiger partial charge in [-0.05, 0) is 30.7 Å². The van der Waals surface area contributed by atoms with Crippen molar-refractivity contribution < 1.29 is 17.9 Å². The molecule has 0 N–H and O–H groups in total. The second-order valence-corrected chi connectivity index (χ2v) is 4.57. The molecule has 0 aliphatic heterocycles. The molecular formula is C16H15F3O. The van der Waals surface area contributed by atoms with Crippen molar-refractivity contribution in [2.24, 2.45) is 0 Å². The van der Waals surface area contributed by atoms with Gasteiger partial charge in [-0.15, -0.1) is 0 Å². The van der Waals surface area contributed by atoms with Crippen molar-refractivity contribution in [3.63, 3.8) is 0 Å². The molecule has 0 saturated heterocycles. The maximum Gasteiger partial charge on any atom is 0.416 e. The highest BCUT2D eigenvalue weighted by Gasteiger charge is 2.32. The number of benzene rings is 2. The molecule has 0 atom stereocenters. The predicted molar refractivity (Wildman–Crippen MR) is 71.8 cm³/mol. The topological polar surface area (TPSA) is 9.23 Å². The lowest BCUT2D eigenvalue weighted by Gasteiger charge is -2.13. The van der Waals surface area contributed by atoms with E-state index in [0.717, 1.165) is 11.6 Å². The van der Waals surface area contributed by atoms with Gasteiger partial charge in [0.15, 0.2) is 0 Å². The fraction of sp³-hybridized carbons (Fsp3) is 0.250. The Morgan fingerprint density at radius 2 is 1.60 bits per heavy atom. The molecule has 2 rings (SSSR count). The monoisotopic (exact) mass is 280 g/mol. The molecule has 0 aliphatic rings. The zero-order valence-corrected chi connectivity index (χ0v) is 11.1. The van der Waals surface area contributed by atoms with Crippen molar-refractivity contribution in [2.45, 2.75) is 19.5 Å². The number of hydrogen-bond donors (Lipinski definition) is 0. The first kappa shape index (κ1) is 14.4. The molecule has 0 heterocycles. The standard InChI is InChI=1S/C16H15F3O/c1-12-6-8-14(9-7-12)20-11-10-13-4-2-3-5-15(13)16(17,18)19/h2-9H,10-11H2,1H3. The summed E-state index contributed by atoms with van der Waals surface area (Å²) in [6.45, 7) is 2.18. The Labute approximate surface area is 116 Å². The first-order chi connectivity index (χ1) is 9.47. The molecule has 1 nitrogen and oxygen atoms in total. The van der Waals surface area contributed by atoms with Crippen LogP contribution in [0.15, 0.2) is 48.5 Å². The zero-order valence-electron chi connectivity index (χ0n) is 11.1. The molecule has 0 bridgehead atoms. The third-order valence-corrected chi connectivity index (χ3v) is 2.98. The third kappa shape index (κ3) is 3.76. The van der Waals surface area contributed by atoms with E-state index in [-0.39, 0.29) is 18.6 Å². The molecule has 0 fully saturated rings. The van der Waals surface area contributed by atoms with Crippen LogP contribution in [0.4, 0.5) is 13.2 Å². The highest BCUT2D eigenvalue weighted by atomic mass is 19.4. The zero-order chi connectivity index (χ0) is 14.6. The maximum atomic E-state index is 12.8. The summed E-state index contributed by atoms with van der Waals surface area (Å²) >= 11 is 0. The minimum Gasteiger partial charge on any atom is -0.493 e. The van der Waals surface area contributed by atoms with Gasteiger partial charge in [0.05, 0.1) is 12.2 Å². The highest BCUT2D eigenvalue weighted by molar-refractivity contribution is 5.30. The molecule has 2 aromatic rings. The predicted octanol–water partition coefficient (Wildman–Crippen LogP) is 4.64. The number of rotatable bonds is 4. The van der Waals surface area contributed by atoms with Crippen LogP contribution < -0.4 is 4.74 Å². The van der Waals surface area contributed by atoms with Gasteiger partial charge in [0.1, 0.15) is 5.75 Å². The lowest BCUT2D eigenvalue weighted by Crippen LogP contribution is -2.11. The molecule has 0 unspecified atom stereocenters. The van der Waals surface area contributed by atoms with E-state index in [1.165, 1.54) is 12.1 Å². The molecule has 0 aromatic heterocycles. The lowest BCUT2D eigenvalue weighted by atomic mass is 10.0. The Morgan fingerprint density at radius 3 is 2.25 bits per heavy atom. The summed E-state index contributed by atoms with van der Waals surface area (Å²) in [6, 6.07) is 13.0. The van der Waals surface area contributed by atoms with Crippen molar-refractivity contribution in [1.29, 1.82) is 0 Å². The number of hydrogen-bond acceptors (Lipinski definition) is 1. The average molecular weight is 280 g/mol. The van der Waals surface area contributed by atoms with Gasteiger partial charge in [-0.3, -0.25) is 0 Å². The summed E-state index contributed by atoms with van der Waals surface area (Å²) in [6.07, 6.45) is -4.09. The van der Waals surface area contributed by atoms with Gasteiger partial charge in [-0.2, -0.15) is 13.2 Å². The summed E-state index contributed by atoms with van der Waals surface area (Å²) in [7, 11) is 0.